The van der Waals surface area contributed by atoms with E-state index in [9.17, 15) is 0 Å². The molecular weight excluding hydrogens is 206 g/mol. The smallest absolute Gasteiger partial charge is 0.00384 e. The lowest BCUT2D eigenvalue weighted by molar-refractivity contribution is 0.228. The molecule has 0 radical (unpaired) electrons. The zero-order valence-corrected chi connectivity index (χ0v) is 12.8. The molecule has 1 heteroatoms. The fourth-order valence-electron chi connectivity index (χ4n) is 2.41. The van der Waals surface area contributed by atoms with Gasteiger partial charge >= 0.3 is 0 Å². The first kappa shape index (κ1) is 17.0. The van der Waals surface area contributed by atoms with Gasteiger partial charge in [0.1, 0.15) is 0 Å². The van der Waals surface area contributed by atoms with E-state index in [4.69, 9.17) is 0 Å². The van der Waals surface area contributed by atoms with E-state index in [0.29, 0.717) is 6.04 Å². The van der Waals surface area contributed by atoms with Gasteiger partial charge in [-0.15, -0.1) is 0 Å². The highest BCUT2D eigenvalue weighted by Crippen LogP contribution is 2.10. The minimum Gasteiger partial charge on any atom is -0.301 e. The second-order valence-corrected chi connectivity index (χ2v) is 5.55. The molecule has 17 heavy (non-hydrogen) atoms. The summed E-state index contributed by atoms with van der Waals surface area (Å²) in [7, 11) is 0. The van der Waals surface area contributed by atoms with Gasteiger partial charge in [0, 0.05) is 6.04 Å². The summed E-state index contributed by atoms with van der Waals surface area (Å²) in [6.45, 7) is 11.7. The van der Waals surface area contributed by atoms with Gasteiger partial charge in [0.05, 0.1) is 0 Å². The van der Waals surface area contributed by atoms with E-state index >= 15 is 0 Å². The van der Waals surface area contributed by atoms with Crippen molar-refractivity contribution in [3.63, 3.8) is 0 Å². The molecule has 0 atom stereocenters. The van der Waals surface area contributed by atoms with Gasteiger partial charge in [-0.05, 0) is 33.4 Å². The minimum atomic E-state index is 0.717. The van der Waals surface area contributed by atoms with Gasteiger partial charge < -0.3 is 4.90 Å². The summed E-state index contributed by atoms with van der Waals surface area (Å²) >= 11 is 0. The molecule has 0 saturated carbocycles. The zero-order valence-electron chi connectivity index (χ0n) is 12.8. The van der Waals surface area contributed by atoms with Gasteiger partial charge in [-0.2, -0.15) is 0 Å². The summed E-state index contributed by atoms with van der Waals surface area (Å²) < 4.78 is 0. The summed E-state index contributed by atoms with van der Waals surface area (Å²) in [6, 6.07) is 0.717. The van der Waals surface area contributed by atoms with Crippen molar-refractivity contribution in [1.82, 2.24) is 4.90 Å². The Morgan fingerprint density at radius 1 is 0.706 bits per heavy atom. The minimum absolute atomic E-state index is 0.717. The second-order valence-electron chi connectivity index (χ2n) is 5.55. The van der Waals surface area contributed by atoms with Crippen LogP contribution in [0.2, 0.25) is 0 Å². The molecule has 0 fully saturated rings. The fraction of sp³-hybridized carbons (Fsp3) is 1.00. The summed E-state index contributed by atoms with van der Waals surface area (Å²) in [4.78, 5) is 2.57. The summed E-state index contributed by atoms with van der Waals surface area (Å²) in [6.07, 6.45) is 12.9. The van der Waals surface area contributed by atoms with Crippen molar-refractivity contribution in [3.8, 4) is 0 Å². The van der Waals surface area contributed by atoms with Crippen LogP contribution in [0.5, 0.6) is 0 Å². The van der Waals surface area contributed by atoms with E-state index in [1.807, 2.05) is 0 Å². The molecule has 0 heterocycles. The molecule has 0 aliphatic rings. The maximum absolute atomic E-state index is 2.57. The highest BCUT2D eigenvalue weighted by atomic mass is 15.1. The molecule has 0 unspecified atom stereocenters. The van der Waals surface area contributed by atoms with Crippen LogP contribution in [0.15, 0.2) is 0 Å². The lowest BCUT2D eigenvalue weighted by Crippen LogP contribution is -2.31. The summed E-state index contributed by atoms with van der Waals surface area (Å²) in [5.41, 5.74) is 0. The van der Waals surface area contributed by atoms with Crippen LogP contribution in [-0.2, 0) is 0 Å². The van der Waals surface area contributed by atoms with Gasteiger partial charge in [-0.25, -0.2) is 0 Å². The van der Waals surface area contributed by atoms with Crippen LogP contribution < -0.4 is 0 Å². The van der Waals surface area contributed by atoms with E-state index in [0.717, 1.165) is 0 Å². The first-order valence-corrected chi connectivity index (χ1v) is 7.96. The Morgan fingerprint density at radius 2 is 1.18 bits per heavy atom. The molecule has 0 spiro atoms. The van der Waals surface area contributed by atoms with Gasteiger partial charge in [-0.1, -0.05) is 65.2 Å². The summed E-state index contributed by atoms with van der Waals surface area (Å²) in [5, 5.41) is 0. The van der Waals surface area contributed by atoms with Gasteiger partial charge in [0.2, 0.25) is 0 Å². The monoisotopic (exact) mass is 241 g/mol. The number of rotatable bonds is 12. The standard InChI is InChI=1S/C16H35N/c1-5-7-8-9-10-11-12-13-14-15-17(6-2)16(3)4/h16H,5-15H2,1-4H3. The molecule has 0 aromatic rings. The maximum Gasteiger partial charge on any atom is 0.00384 e. The molecular formula is C16H35N. The topological polar surface area (TPSA) is 3.24 Å². The van der Waals surface area contributed by atoms with E-state index in [1.165, 1.54) is 70.9 Å². The van der Waals surface area contributed by atoms with Gasteiger partial charge in [0.25, 0.3) is 0 Å². The maximum atomic E-state index is 2.57. The number of unbranched alkanes of at least 4 members (excludes halogenated alkanes) is 8. The number of hydrogen-bond donors (Lipinski definition) is 0. The molecule has 0 N–H and O–H groups in total. The van der Waals surface area contributed by atoms with Crippen molar-refractivity contribution in [2.45, 2.75) is 91.5 Å². The fourth-order valence-corrected chi connectivity index (χ4v) is 2.41. The van der Waals surface area contributed by atoms with Crippen LogP contribution in [0.25, 0.3) is 0 Å². The van der Waals surface area contributed by atoms with Crippen LogP contribution in [0.4, 0.5) is 0 Å². The predicted molar refractivity (Wildman–Crippen MR) is 79.6 cm³/mol. The Labute approximate surface area is 110 Å². The summed E-state index contributed by atoms with van der Waals surface area (Å²) in [5.74, 6) is 0. The van der Waals surface area contributed by atoms with Gasteiger partial charge in [-0.3, -0.25) is 0 Å². The number of nitrogens with zero attached hydrogens (tertiary/aromatic N) is 1. The molecule has 1 nitrogen and oxygen atoms in total. The Bertz CT molecular complexity index is 142. The second kappa shape index (κ2) is 12.4. The predicted octanol–water partition coefficient (Wildman–Crippen LogP) is 5.25. The average molecular weight is 241 g/mol. The van der Waals surface area contributed by atoms with Crippen molar-refractivity contribution in [2.75, 3.05) is 13.1 Å². The SMILES string of the molecule is CCCCCCCCCCCN(CC)C(C)C. The molecule has 0 saturated heterocycles. The normalized spacial score (nSPS) is 11.6. The molecule has 0 aromatic heterocycles. The van der Waals surface area contributed by atoms with Crippen LogP contribution in [0.3, 0.4) is 0 Å². The first-order chi connectivity index (χ1) is 8.22. The first-order valence-electron chi connectivity index (χ1n) is 7.96. The molecule has 0 aliphatic heterocycles. The van der Waals surface area contributed by atoms with E-state index in [-0.39, 0.29) is 0 Å². The van der Waals surface area contributed by atoms with E-state index in [2.05, 4.69) is 32.6 Å². The Balaban J connectivity index is 3.17. The third kappa shape index (κ3) is 10.8. The Kier molecular flexibility index (Phi) is 12.4. The van der Waals surface area contributed by atoms with Crippen molar-refractivity contribution >= 4 is 0 Å². The quantitative estimate of drug-likeness (QED) is 0.422. The van der Waals surface area contributed by atoms with Crippen LogP contribution in [0.1, 0.15) is 85.5 Å². The lowest BCUT2D eigenvalue weighted by atomic mass is 10.1. The molecule has 0 aromatic carbocycles. The Morgan fingerprint density at radius 3 is 1.59 bits per heavy atom. The number of hydrogen-bond acceptors (Lipinski definition) is 1. The molecule has 0 rings (SSSR count). The molecule has 0 amide bonds. The van der Waals surface area contributed by atoms with E-state index in [1.54, 1.807) is 0 Å². The van der Waals surface area contributed by atoms with Crippen molar-refractivity contribution in [3.05, 3.63) is 0 Å². The van der Waals surface area contributed by atoms with Crippen LogP contribution in [-0.4, -0.2) is 24.0 Å². The zero-order chi connectivity index (χ0) is 12.9. The van der Waals surface area contributed by atoms with Crippen molar-refractivity contribution < 1.29 is 0 Å². The third-order valence-corrected chi connectivity index (χ3v) is 3.69. The van der Waals surface area contributed by atoms with Crippen LogP contribution in [0, 0.1) is 0 Å². The molecule has 0 aliphatic carbocycles. The van der Waals surface area contributed by atoms with Crippen molar-refractivity contribution in [2.24, 2.45) is 0 Å². The highest BCUT2D eigenvalue weighted by Gasteiger charge is 2.05. The largest absolute Gasteiger partial charge is 0.301 e. The molecule has 0 bridgehead atoms. The van der Waals surface area contributed by atoms with Crippen molar-refractivity contribution in [1.29, 1.82) is 0 Å². The Hall–Kier alpha value is -0.0400. The van der Waals surface area contributed by atoms with Gasteiger partial charge in [0.15, 0.2) is 0 Å². The third-order valence-electron chi connectivity index (χ3n) is 3.69. The molecule has 104 valence electrons. The van der Waals surface area contributed by atoms with Crippen LogP contribution >= 0.6 is 0 Å². The lowest BCUT2D eigenvalue weighted by Gasteiger charge is -2.24. The average Bonchev–Trinajstić information content (AvgIpc) is 2.31. The van der Waals surface area contributed by atoms with E-state index < -0.39 is 0 Å². The highest BCUT2D eigenvalue weighted by molar-refractivity contribution is 4.60.